The van der Waals surface area contributed by atoms with Crippen LogP contribution in [-0.2, 0) is 6.42 Å². The van der Waals surface area contributed by atoms with E-state index in [0.717, 1.165) is 62.2 Å². The highest BCUT2D eigenvalue weighted by Crippen LogP contribution is 2.14. The molecular formula is C20H27N5S. The number of benzene rings is 1. The summed E-state index contributed by atoms with van der Waals surface area (Å²) in [6.07, 6.45) is 7.10. The lowest BCUT2D eigenvalue weighted by Crippen LogP contribution is -2.38. The van der Waals surface area contributed by atoms with Gasteiger partial charge < -0.3 is 15.1 Å². The fraction of sp³-hybridized carbons (Fsp3) is 0.450. The van der Waals surface area contributed by atoms with E-state index in [-0.39, 0.29) is 0 Å². The molecule has 0 atom stereocenters. The summed E-state index contributed by atoms with van der Waals surface area (Å²) in [7, 11) is 0. The molecule has 0 bridgehead atoms. The molecule has 1 fully saturated rings. The van der Waals surface area contributed by atoms with Gasteiger partial charge in [0.05, 0.1) is 0 Å². The van der Waals surface area contributed by atoms with Crippen LogP contribution in [0.25, 0.3) is 0 Å². The maximum atomic E-state index is 5.62. The average molecular weight is 370 g/mol. The number of nitrogens with zero attached hydrogens (tertiary/aromatic N) is 4. The van der Waals surface area contributed by atoms with Gasteiger partial charge in [-0.25, -0.2) is 9.97 Å². The highest BCUT2D eigenvalue weighted by atomic mass is 32.1. The minimum absolute atomic E-state index is 0.787. The lowest BCUT2D eigenvalue weighted by Gasteiger charge is -2.24. The zero-order valence-electron chi connectivity index (χ0n) is 15.6. The minimum Gasteiger partial charge on any atom is -0.347 e. The van der Waals surface area contributed by atoms with Crippen LogP contribution in [0.1, 0.15) is 30.9 Å². The number of anilines is 2. The molecule has 1 aromatic heterocycles. The Balaban J connectivity index is 1.57. The Bertz CT molecular complexity index is 714. The predicted octanol–water partition coefficient (Wildman–Crippen LogP) is 3.65. The molecule has 0 spiro atoms. The summed E-state index contributed by atoms with van der Waals surface area (Å²) in [6.45, 7) is 7.91. The first-order valence-electron chi connectivity index (χ1n) is 9.34. The zero-order chi connectivity index (χ0) is 18.4. The predicted molar refractivity (Wildman–Crippen MR) is 112 cm³/mol. The Morgan fingerprint density at radius 2 is 1.81 bits per heavy atom. The third-order valence-electron chi connectivity index (χ3n) is 4.60. The van der Waals surface area contributed by atoms with Crippen LogP contribution < -0.4 is 10.2 Å². The standard InChI is InChI=1S/C20H27N5S/c1-3-5-17-14-21-19(22-15-17)24-10-4-11-25(13-12-24)20(26)23-18-8-6-16(2)7-9-18/h6-9,14-15H,3-5,10-13H2,1-2H3,(H,23,26). The second-order valence-electron chi connectivity index (χ2n) is 6.77. The number of nitrogens with one attached hydrogen (secondary N) is 1. The van der Waals surface area contributed by atoms with E-state index < -0.39 is 0 Å². The number of hydrogen-bond donors (Lipinski definition) is 1. The molecule has 26 heavy (non-hydrogen) atoms. The van der Waals surface area contributed by atoms with Crippen molar-refractivity contribution >= 4 is 29.0 Å². The fourth-order valence-corrected chi connectivity index (χ4v) is 3.39. The van der Waals surface area contributed by atoms with Crippen LogP contribution in [0, 0.1) is 6.92 Å². The fourth-order valence-electron chi connectivity index (χ4n) is 3.09. The van der Waals surface area contributed by atoms with Crippen molar-refractivity contribution in [3.8, 4) is 0 Å². The van der Waals surface area contributed by atoms with Gasteiger partial charge in [-0.05, 0) is 49.7 Å². The van der Waals surface area contributed by atoms with Crippen molar-refractivity contribution in [2.24, 2.45) is 0 Å². The Morgan fingerprint density at radius 3 is 2.50 bits per heavy atom. The van der Waals surface area contributed by atoms with Crippen LogP contribution >= 0.6 is 12.2 Å². The monoisotopic (exact) mass is 369 g/mol. The molecular weight excluding hydrogens is 342 g/mol. The molecule has 138 valence electrons. The van der Waals surface area contributed by atoms with Gasteiger partial charge in [0.1, 0.15) is 0 Å². The number of rotatable bonds is 4. The molecule has 0 unspecified atom stereocenters. The molecule has 1 N–H and O–H groups in total. The lowest BCUT2D eigenvalue weighted by molar-refractivity contribution is 0.454. The summed E-state index contributed by atoms with van der Waals surface area (Å²) in [6, 6.07) is 8.32. The highest BCUT2D eigenvalue weighted by molar-refractivity contribution is 7.80. The van der Waals surface area contributed by atoms with Crippen LogP contribution in [0.2, 0.25) is 0 Å². The van der Waals surface area contributed by atoms with Crippen LogP contribution in [0.15, 0.2) is 36.7 Å². The average Bonchev–Trinajstić information content (AvgIpc) is 2.91. The van der Waals surface area contributed by atoms with Gasteiger partial charge in [-0.1, -0.05) is 31.0 Å². The third-order valence-corrected chi connectivity index (χ3v) is 4.96. The maximum absolute atomic E-state index is 5.62. The zero-order valence-corrected chi connectivity index (χ0v) is 16.4. The van der Waals surface area contributed by atoms with E-state index in [1.54, 1.807) is 0 Å². The molecule has 6 heteroatoms. The SMILES string of the molecule is CCCc1cnc(N2CCCN(C(=S)Nc3ccc(C)cc3)CC2)nc1. The molecule has 1 aromatic carbocycles. The lowest BCUT2D eigenvalue weighted by atomic mass is 10.2. The Kier molecular flexibility index (Phi) is 6.39. The van der Waals surface area contributed by atoms with Crippen LogP contribution in [0.5, 0.6) is 0 Å². The Morgan fingerprint density at radius 1 is 1.08 bits per heavy atom. The van der Waals surface area contributed by atoms with E-state index in [9.17, 15) is 0 Å². The van der Waals surface area contributed by atoms with E-state index in [2.05, 4.69) is 63.2 Å². The molecule has 5 nitrogen and oxygen atoms in total. The topological polar surface area (TPSA) is 44.3 Å². The van der Waals surface area contributed by atoms with E-state index in [4.69, 9.17) is 12.2 Å². The molecule has 0 aliphatic carbocycles. The largest absolute Gasteiger partial charge is 0.347 e. The van der Waals surface area contributed by atoms with Gasteiger partial charge >= 0.3 is 0 Å². The van der Waals surface area contributed by atoms with Gasteiger partial charge in [0.25, 0.3) is 0 Å². The van der Waals surface area contributed by atoms with Crippen molar-refractivity contribution in [1.82, 2.24) is 14.9 Å². The Hall–Kier alpha value is -2.21. The quantitative estimate of drug-likeness (QED) is 0.830. The smallest absolute Gasteiger partial charge is 0.225 e. The van der Waals surface area contributed by atoms with Crippen molar-refractivity contribution in [3.05, 3.63) is 47.8 Å². The first kappa shape index (κ1) is 18.6. The van der Waals surface area contributed by atoms with Gasteiger partial charge in [0, 0.05) is 44.3 Å². The molecule has 1 saturated heterocycles. The third kappa shape index (κ3) is 4.91. The molecule has 0 amide bonds. The highest BCUT2D eigenvalue weighted by Gasteiger charge is 2.18. The molecule has 0 radical (unpaired) electrons. The molecule has 2 aromatic rings. The van der Waals surface area contributed by atoms with Gasteiger partial charge in [-0.2, -0.15) is 0 Å². The number of aryl methyl sites for hydroxylation is 2. The van der Waals surface area contributed by atoms with Crippen molar-refractivity contribution in [3.63, 3.8) is 0 Å². The molecule has 1 aliphatic rings. The summed E-state index contributed by atoms with van der Waals surface area (Å²) >= 11 is 5.62. The van der Waals surface area contributed by atoms with Gasteiger partial charge in [0.2, 0.25) is 5.95 Å². The molecule has 1 aliphatic heterocycles. The van der Waals surface area contributed by atoms with Crippen molar-refractivity contribution in [1.29, 1.82) is 0 Å². The van der Waals surface area contributed by atoms with Crippen molar-refractivity contribution < 1.29 is 0 Å². The van der Waals surface area contributed by atoms with Gasteiger partial charge in [-0.3, -0.25) is 0 Å². The normalized spacial score (nSPS) is 14.8. The summed E-state index contributed by atoms with van der Waals surface area (Å²) < 4.78 is 0. The van der Waals surface area contributed by atoms with E-state index in [0.29, 0.717) is 0 Å². The van der Waals surface area contributed by atoms with Crippen LogP contribution in [0.4, 0.5) is 11.6 Å². The van der Waals surface area contributed by atoms with E-state index >= 15 is 0 Å². The van der Waals surface area contributed by atoms with Crippen LogP contribution in [0.3, 0.4) is 0 Å². The number of thiocarbonyl (C=S) groups is 1. The molecule has 2 heterocycles. The molecule has 0 saturated carbocycles. The first-order chi connectivity index (χ1) is 12.7. The Labute approximate surface area is 161 Å². The van der Waals surface area contributed by atoms with Crippen molar-refractivity contribution in [2.75, 3.05) is 36.4 Å². The minimum atomic E-state index is 0.787. The second-order valence-corrected chi connectivity index (χ2v) is 7.15. The second kappa shape index (κ2) is 8.94. The van der Waals surface area contributed by atoms with Crippen molar-refractivity contribution in [2.45, 2.75) is 33.1 Å². The van der Waals surface area contributed by atoms with Gasteiger partial charge in [-0.15, -0.1) is 0 Å². The van der Waals surface area contributed by atoms with E-state index in [1.165, 1.54) is 11.1 Å². The molecule has 3 rings (SSSR count). The summed E-state index contributed by atoms with van der Waals surface area (Å²) in [4.78, 5) is 13.6. The summed E-state index contributed by atoms with van der Waals surface area (Å²) in [5.41, 5.74) is 3.49. The first-order valence-corrected chi connectivity index (χ1v) is 9.75. The number of hydrogen-bond acceptors (Lipinski definition) is 4. The van der Waals surface area contributed by atoms with Crippen LogP contribution in [-0.4, -0.2) is 46.2 Å². The maximum Gasteiger partial charge on any atom is 0.225 e. The van der Waals surface area contributed by atoms with Gasteiger partial charge in [0.15, 0.2) is 5.11 Å². The summed E-state index contributed by atoms with van der Waals surface area (Å²) in [5, 5.41) is 4.14. The van der Waals surface area contributed by atoms with E-state index in [1.807, 2.05) is 12.4 Å². The summed E-state index contributed by atoms with van der Waals surface area (Å²) in [5.74, 6) is 0.823. The number of aromatic nitrogens is 2.